The molecule has 2 rings (SSSR count). The molecule has 0 fully saturated rings. The highest BCUT2D eigenvalue weighted by Gasteiger charge is 2.22. The maximum atomic E-state index is 12.2. The lowest BCUT2D eigenvalue weighted by Crippen LogP contribution is -2.30. The number of nitrogens with zero attached hydrogens (tertiary/aromatic N) is 1. The molecule has 1 N–H and O–H groups in total. The third-order valence-corrected chi connectivity index (χ3v) is 5.40. The second kappa shape index (κ2) is 9.93. The molecule has 1 amide bonds. The van der Waals surface area contributed by atoms with Crippen molar-refractivity contribution in [1.82, 2.24) is 0 Å². The lowest BCUT2D eigenvalue weighted by molar-refractivity contribution is -0.384. The molecule has 144 valence electrons. The van der Waals surface area contributed by atoms with Gasteiger partial charge in [0.15, 0.2) is 6.10 Å². The van der Waals surface area contributed by atoms with E-state index in [1.807, 2.05) is 17.5 Å². The van der Waals surface area contributed by atoms with Crippen LogP contribution in [0.3, 0.4) is 0 Å². The number of hydrogen-bond donors (Lipinski definition) is 1. The highest BCUT2D eigenvalue weighted by Crippen LogP contribution is 2.29. The van der Waals surface area contributed by atoms with Crippen LogP contribution >= 0.6 is 23.1 Å². The van der Waals surface area contributed by atoms with E-state index in [1.54, 1.807) is 11.3 Å². The van der Waals surface area contributed by atoms with E-state index in [0.717, 1.165) is 4.88 Å². The van der Waals surface area contributed by atoms with Crippen molar-refractivity contribution in [3.05, 3.63) is 50.7 Å². The largest absolute Gasteiger partial charge is 0.496 e. The lowest BCUT2D eigenvalue weighted by atomic mass is 10.2. The summed E-state index contributed by atoms with van der Waals surface area (Å²) < 4.78 is 10.0. The molecule has 0 spiro atoms. The minimum atomic E-state index is -1.08. The average molecular weight is 410 g/mol. The van der Waals surface area contributed by atoms with E-state index < -0.39 is 22.9 Å². The number of nitrogens with one attached hydrogen (secondary N) is 1. The average Bonchev–Trinajstić information content (AvgIpc) is 3.15. The van der Waals surface area contributed by atoms with Gasteiger partial charge in [0.05, 0.1) is 23.9 Å². The van der Waals surface area contributed by atoms with Crippen molar-refractivity contribution >= 4 is 46.3 Å². The van der Waals surface area contributed by atoms with Crippen LogP contribution in [-0.4, -0.2) is 35.8 Å². The van der Waals surface area contributed by atoms with Crippen LogP contribution in [0.4, 0.5) is 11.4 Å². The van der Waals surface area contributed by atoms with Crippen LogP contribution in [0.2, 0.25) is 0 Å². The van der Waals surface area contributed by atoms with Crippen LogP contribution in [0.1, 0.15) is 11.8 Å². The van der Waals surface area contributed by atoms with E-state index in [-0.39, 0.29) is 17.1 Å². The summed E-state index contributed by atoms with van der Waals surface area (Å²) in [5, 5.41) is 15.5. The van der Waals surface area contributed by atoms with Crippen molar-refractivity contribution in [2.75, 3.05) is 18.2 Å². The number of ether oxygens (including phenoxy) is 2. The molecule has 0 aliphatic rings. The van der Waals surface area contributed by atoms with Gasteiger partial charge in [-0.3, -0.25) is 19.7 Å². The zero-order chi connectivity index (χ0) is 19.8. The number of amides is 1. The van der Waals surface area contributed by atoms with Crippen molar-refractivity contribution in [3.63, 3.8) is 0 Å². The molecule has 1 atom stereocenters. The zero-order valence-electron chi connectivity index (χ0n) is 14.7. The molecular weight excluding hydrogens is 392 g/mol. The number of anilines is 1. The minimum Gasteiger partial charge on any atom is -0.496 e. The Hall–Kier alpha value is -2.59. The maximum absolute atomic E-state index is 12.2. The summed E-state index contributed by atoms with van der Waals surface area (Å²) in [6, 6.07) is 7.96. The smallest absolute Gasteiger partial charge is 0.316 e. The second-order valence-electron chi connectivity index (χ2n) is 5.33. The van der Waals surface area contributed by atoms with Crippen molar-refractivity contribution in [1.29, 1.82) is 0 Å². The van der Waals surface area contributed by atoms with Gasteiger partial charge in [-0.05, 0) is 30.5 Å². The van der Waals surface area contributed by atoms with Crippen LogP contribution in [0.5, 0.6) is 5.75 Å². The second-order valence-corrected chi connectivity index (χ2v) is 7.35. The summed E-state index contributed by atoms with van der Waals surface area (Å²) in [7, 11) is 1.38. The van der Waals surface area contributed by atoms with E-state index >= 15 is 0 Å². The van der Waals surface area contributed by atoms with Gasteiger partial charge in [-0.2, -0.15) is 0 Å². The number of hydrogen-bond acceptors (Lipinski definition) is 8. The predicted octanol–water partition coefficient (Wildman–Crippen LogP) is 3.47. The van der Waals surface area contributed by atoms with Crippen LogP contribution < -0.4 is 10.1 Å². The Bertz CT molecular complexity index is 810. The molecule has 0 saturated carbocycles. The molecule has 0 aliphatic heterocycles. The Morgan fingerprint density at radius 3 is 2.78 bits per heavy atom. The number of carbonyl (C=O) groups is 2. The van der Waals surface area contributed by atoms with E-state index in [4.69, 9.17) is 9.47 Å². The van der Waals surface area contributed by atoms with Crippen molar-refractivity contribution < 1.29 is 24.0 Å². The van der Waals surface area contributed by atoms with Crippen LogP contribution in [0, 0.1) is 10.1 Å². The fraction of sp³-hybridized carbons (Fsp3) is 0.294. The molecule has 27 heavy (non-hydrogen) atoms. The topological polar surface area (TPSA) is 108 Å². The lowest BCUT2D eigenvalue weighted by Gasteiger charge is -2.14. The molecule has 0 unspecified atom stereocenters. The molecule has 0 radical (unpaired) electrons. The van der Waals surface area contributed by atoms with E-state index in [2.05, 4.69) is 5.32 Å². The monoisotopic (exact) mass is 410 g/mol. The zero-order valence-corrected chi connectivity index (χ0v) is 16.3. The van der Waals surface area contributed by atoms with Gasteiger partial charge < -0.3 is 14.8 Å². The standard InChI is InChI=1S/C17H18N2O6S2/c1-11(25-16(20)10-26-9-13-4-3-7-27-13)17(21)18-14-6-5-12(24-2)8-15(14)19(22)23/h3-8,11H,9-10H2,1-2H3,(H,18,21)/t11-/m0/s1. The summed E-state index contributed by atoms with van der Waals surface area (Å²) in [6.07, 6.45) is -1.08. The molecule has 0 bridgehead atoms. The third-order valence-electron chi connectivity index (χ3n) is 3.38. The molecule has 1 aromatic carbocycles. The van der Waals surface area contributed by atoms with Gasteiger partial charge in [0, 0.05) is 10.6 Å². The Morgan fingerprint density at radius 2 is 2.15 bits per heavy atom. The van der Waals surface area contributed by atoms with E-state index in [0.29, 0.717) is 11.5 Å². The van der Waals surface area contributed by atoms with Gasteiger partial charge in [-0.25, -0.2) is 0 Å². The van der Waals surface area contributed by atoms with Crippen molar-refractivity contribution in [3.8, 4) is 5.75 Å². The fourth-order valence-corrected chi connectivity index (χ4v) is 3.69. The van der Waals surface area contributed by atoms with Crippen molar-refractivity contribution in [2.45, 2.75) is 18.8 Å². The Morgan fingerprint density at radius 1 is 1.37 bits per heavy atom. The Kier molecular flexibility index (Phi) is 7.62. The van der Waals surface area contributed by atoms with Crippen LogP contribution in [0.25, 0.3) is 0 Å². The molecular formula is C17H18N2O6S2. The number of benzene rings is 1. The van der Waals surface area contributed by atoms with E-state index in [9.17, 15) is 19.7 Å². The molecule has 8 nitrogen and oxygen atoms in total. The van der Waals surface area contributed by atoms with Gasteiger partial charge in [0.1, 0.15) is 11.4 Å². The normalized spacial score (nSPS) is 11.5. The Balaban J connectivity index is 1.87. The number of thioether (sulfide) groups is 1. The number of methoxy groups -OCH3 is 1. The first-order valence-electron chi connectivity index (χ1n) is 7.83. The molecule has 2 aromatic rings. The van der Waals surface area contributed by atoms with Gasteiger partial charge in [-0.1, -0.05) is 6.07 Å². The molecule has 0 saturated heterocycles. The summed E-state index contributed by atoms with van der Waals surface area (Å²) in [4.78, 5) is 35.7. The molecule has 10 heteroatoms. The maximum Gasteiger partial charge on any atom is 0.316 e. The number of nitro benzene ring substituents is 1. The number of rotatable bonds is 9. The van der Waals surface area contributed by atoms with Crippen molar-refractivity contribution in [2.24, 2.45) is 0 Å². The first-order chi connectivity index (χ1) is 12.9. The van der Waals surface area contributed by atoms with Gasteiger partial charge in [-0.15, -0.1) is 23.1 Å². The minimum absolute atomic E-state index is 0.000712. The van der Waals surface area contributed by atoms with Gasteiger partial charge >= 0.3 is 5.97 Å². The molecule has 1 aromatic heterocycles. The van der Waals surface area contributed by atoms with Gasteiger partial charge in [0.25, 0.3) is 11.6 Å². The first-order valence-corrected chi connectivity index (χ1v) is 9.87. The fourth-order valence-electron chi connectivity index (χ4n) is 2.04. The highest BCUT2D eigenvalue weighted by atomic mass is 32.2. The number of thiophene rings is 1. The molecule has 0 aliphatic carbocycles. The molecule has 1 heterocycles. The van der Waals surface area contributed by atoms with Gasteiger partial charge in [0.2, 0.25) is 0 Å². The Labute approximate surface area is 164 Å². The van der Waals surface area contributed by atoms with E-state index in [1.165, 1.54) is 44.0 Å². The summed E-state index contributed by atoms with van der Waals surface area (Å²) >= 11 is 2.99. The summed E-state index contributed by atoms with van der Waals surface area (Å²) in [5.41, 5.74) is -0.312. The summed E-state index contributed by atoms with van der Waals surface area (Å²) in [6.45, 7) is 1.41. The quantitative estimate of drug-likeness (QED) is 0.383. The van der Waals surface area contributed by atoms with Crippen LogP contribution in [-0.2, 0) is 20.1 Å². The number of nitro groups is 1. The summed E-state index contributed by atoms with van der Waals surface area (Å²) in [5.74, 6) is -0.0888. The SMILES string of the molecule is COc1ccc(NC(=O)[C@H](C)OC(=O)CSCc2cccs2)c([N+](=O)[O-])c1. The highest BCUT2D eigenvalue weighted by molar-refractivity contribution is 7.99. The third kappa shape index (κ3) is 6.26. The number of carbonyl (C=O) groups excluding carboxylic acids is 2. The number of esters is 1. The predicted molar refractivity (Wildman–Crippen MR) is 104 cm³/mol. The van der Waals surface area contributed by atoms with Crippen LogP contribution in [0.15, 0.2) is 35.7 Å². The first kappa shape index (κ1) is 20.7.